The maximum atomic E-state index is 14.9. The molecule has 2 aliphatic rings. The fourth-order valence-corrected chi connectivity index (χ4v) is 5.24. The predicted octanol–water partition coefficient (Wildman–Crippen LogP) is 5.82. The number of anilines is 1. The van der Waals surface area contributed by atoms with Crippen LogP contribution < -0.4 is 5.32 Å². The molecule has 1 N–H and O–H groups in total. The molecule has 1 aromatic heterocycles. The van der Waals surface area contributed by atoms with E-state index in [0.717, 1.165) is 5.39 Å². The summed E-state index contributed by atoms with van der Waals surface area (Å²) < 4.78 is 61.6. The number of halogens is 3. The van der Waals surface area contributed by atoms with E-state index in [1.807, 2.05) is 24.3 Å². The number of esters is 1. The van der Waals surface area contributed by atoms with Gasteiger partial charge < -0.3 is 19.2 Å². The summed E-state index contributed by atoms with van der Waals surface area (Å²) in [6.07, 6.45) is -6.31. The van der Waals surface area contributed by atoms with E-state index in [2.05, 4.69) is 5.32 Å². The summed E-state index contributed by atoms with van der Waals surface area (Å²) in [5.41, 5.74) is -3.26. The van der Waals surface area contributed by atoms with Crippen LogP contribution in [0.5, 0.6) is 0 Å². The Kier molecular flexibility index (Phi) is 4.79. The average molecular weight is 459 g/mol. The Morgan fingerprint density at radius 3 is 2.61 bits per heavy atom. The maximum absolute atomic E-state index is 14.9. The third kappa shape index (κ3) is 3.07. The lowest BCUT2D eigenvalue weighted by Crippen LogP contribution is -2.68. The van der Waals surface area contributed by atoms with Crippen molar-refractivity contribution < 1.29 is 31.9 Å². The number of carbonyl (C=O) groups is 1. The lowest BCUT2D eigenvalue weighted by molar-refractivity contribution is -0.229. The molecule has 1 fully saturated rings. The largest absolute Gasteiger partial charge is 0.464 e. The summed E-state index contributed by atoms with van der Waals surface area (Å²) >= 11 is 0. The van der Waals surface area contributed by atoms with E-state index in [4.69, 9.17) is 13.9 Å². The highest BCUT2D eigenvalue weighted by atomic mass is 19.4. The molecule has 1 saturated heterocycles. The van der Waals surface area contributed by atoms with Crippen LogP contribution in [0.4, 0.5) is 18.9 Å². The molecule has 5 nitrogen and oxygen atoms in total. The fraction of sp³-hybridized carbons (Fsp3) is 0.400. The van der Waals surface area contributed by atoms with E-state index in [1.54, 1.807) is 38.1 Å². The first-order valence-electron chi connectivity index (χ1n) is 10.9. The van der Waals surface area contributed by atoms with E-state index in [1.165, 1.54) is 6.92 Å². The van der Waals surface area contributed by atoms with Gasteiger partial charge in [0.2, 0.25) is 0 Å². The van der Waals surface area contributed by atoms with Crippen LogP contribution in [0.15, 0.2) is 52.9 Å². The fourth-order valence-electron chi connectivity index (χ4n) is 5.24. The molecule has 0 amide bonds. The van der Waals surface area contributed by atoms with Crippen molar-refractivity contribution in [1.29, 1.82) is 0 Å². The number of nitrogens with one attached hydrogen (secondary N) is 1. The zero-order valence-corrected chi connectivity index (χ0v) is 18.5. The Balaban J connectivity index is 1.76. The van der Waals surface area contributed by atoms with Crippen molar-refractivity contribution in [2.24, 2.45) is 0 Å². The highest BCUT2D eigenvalue weighted by Gasteiger charge is 2.73. The molecule has 2 aliphatic heterocycles. The first kappa shape index (κ1) is 21.8. The number of alkyl halides is 3. The second-order valence-corrected chi connectivity index (χ2v) is 8.89. The molecular weight excluding hydrogens is 435 g/mol. The summed E-state index contributed by atoms with van der Waals surface area (Å²) in [5, 5.41) is 3.96. The molecule has 3 heterocycles. The molecule has 8 heteroatoms. The zero-order chi connectivity index (χ0) is 23.6. The number of ether oxygens (including phenoxy) is 2. The number of rotatable bonds is 3. The summed E-state index contributed by atoms with van der Waals surface area (Å²) in [7, 11) is 0. The van der Waals surface area contributed by atoms with E-state index >= 15 is 0 Å². The molecule has 174 valence electrons. The second kappa shape index (κ2) is 7.25. The SMILES string of the molecule is CCOC(=O)[C@@]1(C(F)(F)F)Nc2c(ccc3ccccc23)[C@H]2C[C@](C)(c3ccc(C)o3)O[C@H]21. The van der Waals surface area contributed by atoms with Gasteiger partial charge in [0.15, 0.2) is 0 Å². The van der Waals surface area contributed by atoms with E-state index in [9.17, 15) is 18.0 Å². The van der Waals surface area contributed by atoms with Crippen molar-refractivity contribution in [3.8, 4) is 0 Å². The molecule has 0 bridgehead atoms. The van der Waals surface area contributed by atoms with Gasteiger partial charge in [-0.05, 0) is 50.3 Å². The maximum Gasteiger partial charge on any atom is 0.425 e. The topological polar surface area (TPSA) is 60.7 Å². The summed E-state index contributed by atoms with van der Waals surface area (Å²) in [6, 6.07) is 14.3. The monoisotopic (exact) mass is 459 g/mol. The number of hydrogen-bond donors (Lipinski definition) is 1. The van der Waals surface area contributed by atoms with Crippen LogP contribution in [0.1, 0.15) is 43.3 Å². The first-order valence-corrected chi connectivity index (χ1v) is 10.9. The average Bonchev–Trinajstić information content (AvgIpc) is 3.36. The van der Waals surface area contributed by atoms with E-state index < -0.39 is 35.3 Å². The number of carbonyl (C=O) groups excluding carboxylic acids is 1. The molecule has 0 radical (unpaired) electrons. The minimum Gasteiger partial charge on any atom is -0.464 e. The first-order chi connectivity index (χ1) is 15.6. The van der Waals surface area contributed by atoms with Gasteiger partial charge in [0.05, 0.1) is 6.61 Å². The van der Waals surface area contributed by atoms with Crippen LogP contribution in [-0.2, 0) is 19.9 Å². The number of fused-ring (bicyclic) bond motifs is 5. The Hall–Kier alpha value is -3.00. The quantitative estimate of drug-likeness (QED) is 0.500. The molecule has 4 atom stereocenters. The second-order valence-electron chi connectivity index (χ2n) is 8.89. The van der Waals surface area contributed by atoms with Crippen LogP contribution in [0, 0.1) is 6.92 Å². The predicted molar refractivity (Wildman–Crippen MR) is 116 cm³/mol. The Morgan fingerprint density at radius 2 is 1.94 bits per heavy atom. The van der Waals surface area contributed by atoms with Crippen LogP contribution >= 0.6 is 0 Å². The minimum absolute atomic E-state index is 0.188. The smallest absolute Gasteiger partial charge is 0.425 e. The highest BCUT2D eigenvalue weighted by molar-refractivity contribution is 6.00. The van der Waals surface area contributed by atoms with Gasteiger partial charge in [0.25, 0.3) is 5.54 Å². The lowest BCUT2D eigenvalue weighted by atomic mass is 9.73. The number of hydrogen-bond acceptors (Lipinski definition) is 5. The molecule has 0 saturated carbocycles. The lowest BCUT2D eigenvalue weighted by Gasteiger charge is -2.45. The van der Waals surface area contributed by atoms with Crippen molar-refractivity contribution in [3.63, 3.8) is 0 Å². The summed E-state index contributed by atoms with van der Waals surface area (Å²) in [5.74, 6) is -1.06. The molecule has 3 aromatic rings. The van der Waals surface area contributed by atoms with Crippen LogP contribution in [0.3, 0.4) is 0 Å². The third-order valence-electron chi connectivity index (χ3n) is 6.78. The standard InChI is InChI=1S/C25H24F3NO4/c1-4-31-22(30)24(25(26,27)28)21-18(13-23(3,33-21)19-12-9-14(2)32-19)17-11-10-15-7-5-6-8-16(15)20(17)29-24/h5-12,18,21,29H,4,13H2,1-3H3/t18-,21-,23-,24+/m1/s1. The van der Waals surface area contributed by atoms with Gasteiger partial charge in [-0.15, -0.1) is 0 Å². The van der Waals surface area contributed by atoms with Crippen molar-refractivity contribution >= 4 is 22.4 Å². The van der Waals surface area contributed by atoms with Crippen molar-refractivity contribution in [2.75, 3.05) is 11.9 Å². The van der Waals surface area contributed by atoms with Gasteiger partial charge in [0, 0.05) is 17.0 Å². The molecule has 5 rings (SSSR count). The van der Waals surface area contributed by atoms with E-state index in [-0.39, 0.29) is 18.7 Å². The van der Waals surface area contributed by atoms with Crippen LogP contribution in [0.2, 0.25) is 0 Å². The highest BCUT2D eigenvalue weighted by Crippen LogP contribution is 2.59. The number of benzene rings is 2. The summed E-state index contributed by atoms with van der Waals surface area (Å²) in [4.78, 5) is 13.1. The van der Waals surface area contributed by atoms with Crippen LogP contribution in [0.25, 0.3) is 10.8 Å². The zero-order valence-electron chi connectivity index (χ0n) is 18.5. The minimum atomic E-state index is -4.98. The molecule has 0 spiro atoms. The van der Waals surface area contributed by atoms with Gasteiger partial charge in [-0.25, -0.2) is 4.79 Å². The van der Waals surface area contributed by atoms with Gasteiger partial charge in [-0.3, -0.25) is 0 Å². The Labute approximate surface area is 188 Å². The molecule has 33 heavy (non-hydrogen) atoms. The van der Waals surface area contributed by atoms with Crippen molar-refractivity contribution in [1.82, 2.24) is 0 Å². The molecule has 0 aliphatic carbocycles. The molecule has 2 aromatic carbocycles. The van der Waals surface area contributed by atoms with Gasteiger partial charge in [-0.1, -0.05) is 36.4 Å². The van der Waals surface area contributed by atoms with Crippen molar-refractivity contribution in [3.05, 3.63) is 65.6 Å². The molecular formula is C25H24F3NO4. The van der Waals surface area contributed by atoms with Gasteiger partial charge >= 0.3 is 12.1 Å². The number of aryl methyl sites for hydroxylation is 1. The molecule has 0 unspecified atom stereocenters. The van der Waals surface area contributed by atoms with E-state index in [0.29, 0.717) is 22.5 Å². The van der Waals surface area contributed by atoms with Crippen molar-refractivity contribution in [2.45, 2.75) is 56.5 Å². The Bertz CT molecular complexity index is 1240. The number of furan rings is 1. The van der Waals surface area contributed by atoms with Gasteiger partial charge in [0.1, 0.15) is 23.2 Å². The third-order valence-corrected chi connectivity index (χ3v) is 6.78. The van der Waals surface area contributed by atoms with Crippen LogP contribution in [-0.4, -0.2) is 30.4 Å². The Morgan fingerprint density at radius 1 is 1.18 bits per heavy atom. The van der Waals surface area contributed by atoms with Gasteiger partial charge in [-0.2, -0.15) is 13.2 Å². The normalized spacial score (nSPS) is 28.8. The summed E-state index contributed by atoms with van der Waals surface area (Å²) in [6.45, 7) is 4.76.